The van der Waals surface area contributed by atoms with Gasteiger partial charge in [-0.05, 0) is 84.8 Å². The lowest BCUT2D eigenvalue weighted by Gasteiger charge is -2.42. The number of nitrogens with zero attached hydrogens (tertiary/aromatic N) is 4. The summed E-state index contributed by atoms with van der Waals surface area (Å²) in [5, 5.41) is 13.0. The number of methoxy groups -OCH3 is 1. The number of ether oxygens (including phenoxy) is 3. The van der Waals surface area contributed by atoms with Crippen molar-refractivity contribution in [1.82, 2.24) is 29.8 Å². The van der Waals surface area contributed by atoms with Crippen molar-refractivity contribution in [3.05, 3.63) is 36.0 Å². The van der Waals surface area contributed by atoms with E-state index in [-0.39, 0.29) is 60.2 Å². The molecule has 3 heterocycles. The quantitative estimate of drug-likeness (QED) is 0.153. The molecule has 1 unspecified atom stereocenters. The van der Waals surface area contributed by atoms with Crippen molar-refractivity contribution in [2.75, 3.05) is 7.11 Å². The lowest BCUT2D eigenvalue weighted by molar-refractivity contribution is -0.222. The molecule has 0 radical (unpaired) electrons. The molecule has 4 aliphatic rings. The third kappa shape index (κ3) is 8.35. The maximum absolute atomic E-state index is 17.7. The van der Waals surface area contributed by atoms with E-state index in [2.05, 4.69) is 15.3 Å². The number of fused-ring (bicyclic) bond motifs is 3. The highest BCUT2D eigenvalue weighted by Gasteiger charge is 2.72. The predicted molar refractivity (Wildman–Crippen MR) is 210 cm³/mol. The molecular formula is C40H51F5N6O10S. The number of carboxylic acid groups (broad SMARTS) is 1. The largest absolute Gasteiger partial charge is 0.497 e. The van der Waals surface area contributed by atoms with Crippen LogP contribution in [0.1, 0.15) is 98.6 Å². The van der Waals surface area contributed by atoms with Crippen LogP contribution in [-0.4, -0.2) is 116 Å². The molecule has 1 aromatic carbocycles. The SMILES string of the molecule is CCC(C)N(C(=O)O)[C@@H]1C(=O)N2[C@@H](C[C@@](C)(Oc3nc4cc(OC)ccc4nc3C(F)(F)F)C2(F)F)C(=O)N[C@]2(C(=O)NS(=O)(=O)C3(C)CC3)C[C@H]2/C=C\CC[C@@H](C)O[C@H]1CC. The Balaban J connectivity index is 1.52. The van der Waals surface area contributed by atoms with Crippen molar-refractivity contribution in [2.45, 2.75) is 151 Å². The topological polar surface area (TPSA) is 207 Å². The standard InChI is InChI=1S/C40H51F5N6O10S/c1-8-21(3)50(35(55)56)29-28(9-2)60-22(4)12-10-11-13-23-19-38(23,34(54)49-62(57,58)36(5)16-17-36)48-31(52)27-20-37(6,40(44,45)51(27)33(29)53)61-32-30(39(41,42)43)46-25-15-14-24(59-7)18-26(25)47-32/h11,13-15,18,21-23,27-29H,8-10,12,16-17,19-20H2,1-7H3,(H,48,52)(H,49,54)(H,55,56)/b13-11-/t21?,22-,23-,27+,28+,29+,37-,38-/m1/s1. The maximum Gasteiger partial charge on any atom is 0.438 e. The molecular weight excluding hydrogens is 852 g/mol. The molecule has 2 aliphatic carbocycles. The molecule has 1 saturated heterocycles. The number of benzene rings is 1. The van der Waals surface area contributed by atoms with Crippen LogP contribution in [-0.2, 0) is 35.3 Å². The van der Waals surface area contributed by atoms with Crippen LogP contribution in [0, 0.1) is 5.92 Å². The molecule has 4 amide bonds. The number of allylic oxidation sites excluding steroid dienone is 1. The summed E-state index contributed by atoms with van der Waals surface area (Å²) >= 11 is 0. The molecule has 22 heteroatoms. The lowest BCUT2D eigenvalue weighted by Crippen LogP contribution is -2.66. The fourth-order valence-corrected chi connectivity index (χ4v) is 9.36. The zero-order valence-corrected chi connectivity index (χ0v) is 36.0. The average molecular weight is 903 g/mol. The number of carbonyl (C=O) groups is 4. The Morgan fingerprint density at radius 1 is 1.13 bits per heavy atom. The summed E-state index contributed by atoms with van der Waals surface area (Å²) in [6.07, 6.45) is -6.19. The van der Waals surface area contributed by atoms with Crippen molar-refractivity contribution in [3.63, 3.8) is 0 Å². The number of alkyl halides is 5. The minimum absolute atomic E-state index is 0.0926. The van der Waals surface area contributed by atoms with E-state index in [9.17, 15) is 41.1 Å². The van der Waals surface area contributed by atoms with Gasteiger partial charge in [0.05, 0.1) is 35.1 Å². The number of hydrogen-bond acceptors (Lipinski definition) is 11. The number of rotatable bonds is 10. The van der Waals surface area contributed by atoms with Gasteiger partial charge in [-0.1, -0.05) is 26.0 Å². The van der Waals surface area contributed by atoms with E-state index in [1.807, 2.05) is 4.72 Å². The van der Waals surface area contributed by atoms with Crippen LogP contribution in [0.5, 0.6) is 11.6 Å². The highest BCUT2D eigenvalue weighted by Crippen LogP contribution is 2.52. The second kappa shape index (κ2) is 16.4. The van der Waals surface area contributed by atoms with E-state index in [0.29, 0.717) is 18.2 Å². The van der Waals surface area contributed by atoms with Crippen LogP contribution < -0.4 is 19.5 Å². The van der Waals surface area contributed by atoms with Gasteiger partial charge in [0.1, 0.15) is 23.4 Å². The van der Waals surface area contributed by atoms with Gasteiger partial charge in [-0.2, -0.15) is 22.0 Å². The Labute approximate surface area is 355 Å². The summed E-state index contributed by atoms with van der Waals surface area (Å²) in [5.41, 5.74) is -7.61. The molecule has 3 N–H and O–H groups in total. The van der Waals surface area contributed by atoms with Gasteiger partial charge in [-0.15, -0.1) is 0 Å². The number of hydrogen-bond donors (Lipinski definition) is 3. The minimum atomic E-state index is -5.32. The Hall–Kier alpha value is -4.86. The number of halogens is 5. The molecule has 1 aromatic heterocycles. The zero-order chi connectivity index (χ0) is 46.0. The monoisotopic (exact) mass is 902 g/mol. The van der Waals surface area contributed by atoms with Gasteiger partial charge in [-0.25, -0.2) is 23.2 Å². The van der Waals surface area contributed by atoms with Gasteiger partial charge in [0, 0.05) is 24.4 Å². The van der Waals surface area contributed by atoms with E-state index in [0.717, 1.165) is 6.07 Å². The van der Waals surface area contributed by atoms with Crippen molar-refractivity contribution < 1.29 is 68.9 Å². The second-order valence-corrected chi connectivity index (χ2v) is 19.2. The number of amides is 4. The summed E-state index contributed by atoms with van der Waals surface area (Å²) in [5.74, 6) is -6.37. The summed E-state index contributed by atoms with van der Waals surface area (Å²) in [6.45, 7) is 8.30. The van der Waals surface area contributed by atoms with Gasteiger partial charge in [0.25, 0.3) is 11.8 Å². The molecule has 62 heavy (non-hydrogen) atoms. The van der Waals surface area contributed by atoms with Crippen molar-refractivity contribution in [3.8, 4) is 11.6 Å². The summed E-state index contributed by atoms with van der Waals surface area (Å²) in [4.78, 5) is 64.7. The van der Waals surface area contributed by atoms with Crippen LogP contribution in [0.4, 0.5) is 26.7 Å². The van der Waals surface area contributed by atoms with Gasteiger partial charge in [0.2, 0.25) is 27.5 Å². The molecule has 0 bridgehead atoms. The summed E-state index contributed by atoms with van der Waals surface area (Å²) < 4.78 is 123. The van der Waals surface area contributed by atoms with Gasteiger partial charge in [0.15, 0.2) is 5.60 Å². The fraction of sp³-hybridized carbons (Fsp3) is 0.650. The summed E-state index contributed by atoms with van der Waals surface area (Å²) in [7, 11) is -3.01. The third-order valence-corrected chi connectivity index (χ3v) is 14.7. The fourth-order valence-electron chi connectivity index (χ4n) is 8.05. The highest BCUT2D eigenvalue weighted by molar-refractivity contribution is 7.91. The molecule has 6 rings (SSSR count). The Kier molecular flexibility index (Phi) is 12.3. The van der Waals surface area contributed by atoms with Crippen molar-refractivity contribution in [1.29, 1.82) is 0 Å². The van der Waals surface area contributed by atoms with Crippen LogP contribution in [0.2, 0.25) is 0 Å². The number of carbonyl (C=O) groups excluding carboxylic acids is 3. The molecule has 2 saturated carbocycles. The molecule has 16 nitrogen and oxygen atoms in total. The first-order valence-electron chi connectivity index (χ1n) is 20.3. The average Bonchev–Trinajstić information content (AvgIpc) is 4.10. The molecule has 342 valence electrons. The smallest absolute Gasteiger partial charge is 0.438 e. The molecule has 2 aliphatic heterocycles. The van der Waals surface area contributed by atoms with Crippen LogP contribution in [0.3, 0.4) is 0 Å². The van der Waals surface area contributed by atoms with E-state index in [4.69, 9.17) is 14.2 Å². The Bertz CT molecular complexity index is 2260. The van der Waals surface area contributed by atoms with Crippen LogP contribution in [0.25, 0.3) is 11.0 Å². The first kappa shape index (κ1) is 46.6. The second-order valence-electron chi connectivity index (χ2n) is 17.0. The minimum Gasteiger partial charge on any atom is -0.497 e. The molecule has 0 spiro atoms. The van der Waals surface area contributed by atoms with E-state index < -0.39 is 116 Å². The summed E-state index contributed by atoms with van der Waals surface area (Å²) in [6, 6.07) is -6.49. The maximum atomic E-state index is 17.7. The van der Waals surface area contributed by atoms with Gasteiger partial charge in [-0.3, -0.25) is 28.9 Å². The first-order chi connectivity index (χ1) is 28.8. The number of sulfonamides is 1. The number of aromatic nitrogens is 2. The first-order valence-corrected chi connectivity index (χ1v) is 21.8. The van der Waals surface area contributed by atoms with E-state index >= 15 is 13.6 Å². The van der Waals surface area contributed by atoms with Crippen LogP contribution in [0.15, 0.2) is 30.4 Å². The lowest BCUT2D eigenvalue weighted by atomic mass is 9.99. The third-order valence-electron chi connectivity index (χ3n) is 12.5. The highest BCUT2D eigenvalue weighted by atomic mass is 32.2. The van der Waals surface area contributed by atoms with Gasteiger partial charge < -0.3 is 24.6 Å². The zero-order valence-electron chi connectivity index (χ0n) is 35.2. The van der Waals surface area contributed by atoms with Crippen molar-refractivity contribution >= 4 is 44.9 Å². The number of nitrogens with one attached hydrogen (secondary N) is 2. The van der Waals surface area contributed by atoms with E-state index in [1.165, 1.54) is 33.1 Å². The van der Waals surface area contributed by atoms with Crippen LogP contribution >= 0.6 is 0 Å². The predicted octanol–water partition coefficient (Wildman–Crippen LogP) is 5.54. The Morgan fingerprint density at radius 2 is 1.81 bits per heavy atom. The molecule has 3 fully saturated rings. The van der Waals surface area contributed by atoms with Crippen molar-refractivity contribution in [2.24, 2.45) is 5.92 Å². The molecule has 8 atom stereocenters. The van der Waals surface area contributed by atoms with Gasteiger partial charge >= 0.3 is 18.3 Å². The Morgan fingerprint density at radius 3 is 2.39 bits per heavy atom. The normalized spacial score (nSPS) is 30.7. The van der Waals surface area contributed by atoms with E-state index in [1.54, 1.807) is 32.9 Å². The molecule has 2 aromatic rings.